The summed E-state index contributed by atoms with van der Waals surface area (Å²) in [6.07, 6.45) is -6.64. The monoisotopic (exact) mass is 655 g/mol. The van der Waals surface area contributed by atoms with Gasteiger partial charge in [-0.2, -0.15) is 0 Å². The molecule has 0 radical (unpaired) electrons. The second-order valence-electron chi connectivity index (χ2n) is 11.4. The number of hydrogen-bond donors (Lipinski definition) is 2. The van der Waals surface area contributed by atoms with E-state index in [-0.39, 0.29) is 47.7 Å². The Labute approximate surface area is 257 Å². The quantitative estimate of drug-likeness (QED) is 0.228. The second kappa shape index (κ2) is 12.0. The molecule has 2 amide bonds. The Morgan fingerprint density at radius 1 is 0.935 bits per heavy atom. The van der Waals surface area contributed by atoms with Crippen LogP contribution in [0, 0.1) is 0 Å². The number of urea groups is 1. The maximum atomic E-state index is 13.3. The molecule has 1 saturated carbocycles. The van der Waals surface area contributed by atoms with Crippen LogP contribution in [-0.4, -0.2) is 58.1 Å². The number of nitrogens with one attached hydrogen (secondary N) is 1. The molecule has 3 aliphatic rings. The molecule has 2 saturated heterocycles. The summed E-state index contributed by atoms with van der Waals surface area (Å²) in [6, 6.07) is 7.11. The van der Waals surface area contributed by atoms with Crippen LogP contribution in [0.15, 0.2) is 47.0 Å². The number of halogens is 6. The summed E-state index contributed by atoms with van der Waals surface area (Å²) in [5.74, 6) is -2.13. The van der Waals surface area contributed by atoms with Crippen molar-refractivity contribution in [1.29, 1.82) is 0 Å². The molecule has 3 heterocycles. The van der Waals surface area contributed by atoms with Crippen LogP contribution in [0.3, 0.4) is 0 Å². The molecule has 2 unspecified atom stereocenters. The van der Waals surface area contributed by atoms with Crippen molar-refractivity contribution in [3.63, 3.8) is 0 Å². The fourth-order valence-electron chi connectivity index (χ4n) is 6.16. The number of fused-ring (bicyclic) bond motifs is 2. The van der Waals surface area contributed by atoms with E-state index in [9.17, 15) is 35.9 Å². The Kier molecular flexibility index (Phi) is 8.25. The zero-order valence-corrected chi connectivity index (χ0v) is 23.9. The number of nitrogens with zero attached hydrogens (tertiary/aromatic N) is 2. The Morgan fingerprint density at radius 3 is 2.22 bits per heavy atom. The molecule has 2 aromatic carbocycles. The number of ether oxygens (including phenoxy) is 3. The van der Waals surface area contributed by atoms with Crippen LogP contribution in [0.2, 0.25) is 0 Å². The van der Waals surface area contributed by atoms with E-state index in [4.69, 9.17) is 14.4 Å². The molecule has 3 fully saturated rings. The number of carboxylic acids is 1. The normalized spacial score (nSPS) is 21.3. The number of carboxylic acid groups (broad SMARTS) is 1. The summed E-state index contributed by atoms with van der Waals surface area (Å²) in [5, 5.41) is 15.7. The van der Waals surface area contributed by atoms with Gasteiger partial charge in [0.15, 0.2) is 5.75 Å². The summed E-state index contributed by atoms with van der Waals surface area (Å²) in [4.78, 5) is 26.1. The van der Waals surface area contributed by atoms with Crippen LogP contribution >= 0.6 is 0 Å². The lowest BCUT2D eigenvalue weighted by atomic mass is 9.99. The molecule has 2 aliphatic heterocycles. The molecule has 1 aliphatic carbocycles. The molecular weight excluding hydrogens is 628 g/mol. The van der Waals surface area contributed by atoms with Gasteiger partial charge in [-0.3, -0.25) is 0 Å². The van der Waals surface area contributed by atoms with Crippen molar-refractivity contribution in [2.45, 2.75) is 82.0 Å². The molecule has 3 aromatic rings. The van der Waals surface area contributed by atoms with Crippen molar-refractivity contribution in [3.8, 4) is 22.8 Å². The number of amides is 2. The zero-order valence-electron chi connectivity index (χ0n) is 23.9. The van der Waals surface area contributed by atoms with Gasteiger partial charge >= 0.3 is 24.7 Å². The number of benzene rings is 2. The van der Waals surface area contributed by atoms with E-state index in [0.29, 0.717) is 43.1 Å². The van der Waals surface area contributed by atoms with Gasteiger partial charge in [0.05, 0.1) is 24.0 Å². The van der Waals surface area contributed by atoms with Crippen LogP contribution in [-0.2, 0) is 11.3 Å². The first-order valence-corrected chi connectivity index (χ1v) is 14.4. The van der Waals surface area contributed by atoms with Crippen molar-refractivity contribution in [3.05, 3.63) is 59.4 Å². The number of alkyl halides is 6. The average Bonchev–Trinajstić information content (AvgIpc) is 3.66. The zero-order chi connectivity index (χ0) is 32.8. The number of carbonyl (C=O) groups is 2. The number of hydrogen-bond acceptors (Lipinski definition) is 7. The van der Waals surface area contributed by atoms with E-state index < -0.39 is 41.8 Å². The standard InChI is InChI=1S/C30H27F6N3O7/c31-29(32,33)44-23-4-2-1-3-20(23)25-21(26(46-38-25)15-5-6-15)14-43-19-12-17-8-9-18(13-19)39(17)28(42)37-22-10-7-16(27(40)41)11-24(22)45-30(34,35)36/h1-4,7,10-11,15,17-19H,5-6,8-9,12-14H2,(H,37,42)(H,40,41). The third kappa shape index (κ3) is 7.00. The van der Waals surface area contributed by atoms with Gasteiger partial charge in [-0.05, 0) is 68.9 Å². The molecule has 246 valence electrons. The van der Waals surface area contributed by atoms with Crippen molar-refractivity contribution in [2.75, 3.05) is 5.32 Å². The largest absolute Gasteiger partial charge is 0.573 e. The Hall–Kier alpha value is -4.47. The molecule has 10 nitrogen and oxygen atoms in total. The van der Waals surface area contributed by atoms with E-state index in [2.05, 4.69) is 19.9 Å². The maximum Gasteiger partial charge on any atom is 0.573 e. The summed E-state index contributed by atoms with van der Waals surface area (Å²) >= 11 is 0. The van der Waals surface area contributed by atoms with Crippen molar-refractivity contribution in [1.82, 2.24) is 10.1 Å². The van der Waals surface area contributed by atoms with Gasteiger partial charge in [0.1, 0.15) is 17.2 Å². The Balaban J connectivity index is 1.15. The first kappa shape index (κ1) is 31.5. The summed E-state index contributed by atoms with van der Waals surface area (Å²) in [6.45, 7) is -0.00457. The molecule has 2 atom stereocenters. The highest BCUT2D eigenvalue weighted by Gasteiger charge is 2.45. The van der Waals surface area contributed by atoms with E-state index in [1.54, 1.807) is 11.0 Å². The number of carbonyl (C=O) groups excluding carboxylic acids is 1. The SMILES string of the molecule is O=C(O)c1ccc(NC(=O)N2C3CCC2CC(OCc2c(-c4ccccc4OC(F)(F)F)noc2C2CC2)C3)c(OC(F)(F)F)c1. The maximum absolute atomic E-state index is 13.3. The van der Waals surface area contributed by atoms with Gasteiger partial charge in [0.25, 0.3) is 0 Å². The summed E-state index contributed by atoms with van der Waals surface area (Å²) in [7, 11) is 0. The predicted molar refractivity (Wildman–Crippen MR) is 146 cm³/mol. The smallest absolute Gasteiger partial charge is 0.478 e. The molecule has 2 bridgehead atoms. The average molecular weight is 656 g/mol. The molecule has 2 N–H and O–H groups in total. The predicted octanol–water partition coefficient (Wildman–Crippen LogP) is 7.46. The van der Waals surface area contributed by atoms with Crippen LogP contribution < -0.4 is 14.8 Å². The first-order valence-electron chi connectivity index (χ1n) is 14.4. The van der Waals surface area contributed by atoms with Crippen LogP contribution in [0.4, 0.5) is 36.8 Å². The van der Waals surface area contributed by atoms with Gasteiger partial charge in [-0.15, -0.1) is 26.3 Å². The lowest BCUT2D eigenvalue weighted by molar-refractivity contribution is -0.275. The van der Waals surface area contributed by atoms with Crippen molar-refractivity contribution < 1.29 is 59.8 Å². The lowest BCUT2D eigenvalue weighted by Gasteiger charge is -2.38. The van der Waals surface area contributed by atoms with E-state index in [1.807, 2.05) is 0 Å². The molecular formula is C30H27F6N3O7. The number of piperidine rings is 1. The van der Waals surface area contributed by atoms with Gasteiger partial charge in [-0.1, -0.05) is 17.3 Å². The molecule has 1 aromatic heterocycles. The fourth-order valence-corrected chi connectivity index (χ4v) is 6.16. The Morgan fingerprint density at radius 2 is 1.59 bits per heavy atom. The van der Waals surface area contributed by atoms with E-state index in [0.717, 1.165) is 25.0 Å². The highest BCUT2D eigenvalue weighted by Crippen LogP contribution is 2.46. The molecule has 6 rings (SSSR count). The van der Waals surface area contributed by atoms with Crippen molar-refractivity contribution >= 4 is 17.7 Å². The minimum atomic E-state index is -5.12. The molecule has 46 heavy (non-hydrogen) atoms. The second-order valence-corrected chi connectivity index (χ2v) is 11.4. The number of anilines is 1. The number of rotatable bonds is 9. The summed E-state index contributed by atoms with van der Waals surface area (Å²) in [5.41, 5.74) is 0.0217. The summed E-state index contributed by atoms with van der Waals surface area (Å²) < 4.78 is 98.4. The van der Waals surface area contributed by atoms with E-state index in [1.165, 1.54) is 18.2 Å². The van der Waals surface area contributed by atoms with Crippen LogP contribution in [0.1, 0.15) is 66.1 Å². The number of aromatic carboxylic acids is 1. The fraction of sp³-hybridized carbons (Fsp3) is 0.433. The third-order valence-electron chi connectivity index (χ3n) is 8.22. The first-order chi connectivity index (χ1) is 21.8. The minimum Gasteiger partial charge on any atom is -0.478 e. The van der Waals surface area contributed by atoms with Gasteiger partial charge in [0.2, 0.25) is 0 Å². The van der Waals surface area contributed by atoms with Crippen LogP contribution in [0.25, 0.3) is 11.3 Å². The number of para-hydroxylation sites is 1. The van der Waals surface area contributed by atoms with Gasteiger partial charge in [-0.25, -0.2) is 9.59 Å². The van der Waals surface area contributed by atoms with Crippen molar-refractivity contribution in [2.24, 2.45) is 0 Å². The lowest BCUT2D eigenvalue weighted by Crippen LogP contribution is -2.50. The topological polar surface area (TPSA) is 123 Å². The Bertz CT molecular complexity index is 1610. The van der Waals surface area contributed by atoms with Crippen LogP contribution in [0.5, 0.6) is 11.5 Å². The highest BCUT2D eigenvalue weighted by atomic mass is 19.4. The molecule has 16 heteroatoms. The number of aromatic nitrogens is 1. The van der Waals surface area contributed by atoms with Gasteiger partial charge in [0, 0.05) is 29.1 Å². The minimum absolute atomic E-state index is 0.00457. The van der Waals surface area contributed by atoms with E-state index >= 15 is 0 Å². The highest BCUT2D eigenvalue weighted by molar-refractivity contribution is 5.94. The molecule has 0 spiro atoms. The van der Waals surface area contributed by atoms with Gasteiger partial charge < -0.3 is 34.1 Å². The third-order valence-corrected chi connectivity index (χ3v) is 8.22.